The van der Waals surface area contributed by atoms with Crippen LogP contribution in [-0.2, 0) is 6.61 Å². The van der Waals surface area contributed by atoms with Crippen LogP contribution in [0.4, 0.5) is 5.69 Å². The lowest BCUT2D eigenvalue weighted by Gasteiger charge is -2.09. The molecule has 0 aromatic carbocycles. The molecule has 4 N–H and O–H groups in total. The highest BCUT2D eigenvalue weighted by molar-refractivity contribution is 5.60. The summed E-state index contributed by atoms with van der Waals surface area (Å²) in [6.07, 6.45) is 0. The zero-order valence-electron chi connectivity index (χ0n) is 7.13. The lowest BCUT2D eigenvalue weighted by Crippen LogP contribution is -2.02. The first-order chi connectivity index (χ1) is 5.57. The fraction of sp³-hybridized carbons (Fsp3) is 0.375. The number of hydrogen-bond donors (Lipinski definition) is 3. The Balaban J connectivity index is 3.40. The van der Waals surface area contributed by atoms with Crippen LogP contribution in [0.1, 0.15) is 17.0 Å². The number of aryl methyl sites for hydroxylation is 2. The Labute approximate surface area is 70.7 Å². The molecule has 4 heteroatoms. The lowest BCUT2D eigenvalue weighted by atomic mass is 10.1. The van der Waals surface area contributed by atoms with Gasteiger partial charge in [-0.1, -0.05) is 0 Å². The van der Waals surface area contributed by atoms with Crippen molar-refractivity contribution in [2.45, 2.75) is 20.5 Å². The zero-order chi connectivity index (χ0) is 9.30. The van der Waals surface area contributed by atoms with Crippen molar-refractivity contribution in [3.05, 3.63) is 17.0 Å². The molecule has 4 nitrogen and oxygen atoms in total. The maximum atomic E-state index is 9.34. The summed E-state index contributed by atoms with van der Waals surface area (Å²) in [5.74, 6) is -0.0374. The van der Waals surface area contributed by atoms with Crippen LogP contribution in [0.15, 0.2) is 0 Å². The summed E-state index contributed by atoms with van der Waals surface area (Å²) >= 11 is 0. The number of aromatic nitrogens is 1. The second kappa shape index (κ2) is 2.98. The maximum absolute atomic E-state index is 9.34. The summed E-state index contributed by atoms with van der Waals surface area (Å²) in [7, 11) is 0. The highest BCUT2D eigenvalue weighted by Crippen LogP contribution is 2.28. The minimum Gasteiger partial charge on any atom is -0.504 e. The average Bonchev–Trinajstić information content (AvgIpc) is 2.01. The van der Waals surface area contributed by atoms with Gasteiger partial charge in [0.15, 0.2) is 5.75 Å². The van der Waals surface area contributed by atoms with Crippen LogP contribution >= 0.6 is 0 Å². The quantitative estimate of drug-likeness (QED) is 0.569. The van der Waals surface area contributed by atoms with Gasteiger partial charge in [0.05, 0.1) is 18.0 Å². The topological polar surface area (TPSA) is 79.4 Å². The van der Waals surface area contributed by atoms with Crippen molar-refractivity contribution in [1.82, 2.24) is 4.98 Å². The first-order valence-corrected chi connectivity index (χ1v) is 3.63. The highest BCUT2D eigenvalue weighted by Gasteiger charge is 2.10. The van der Waals surface area contributed by atoms with Gasteiger partial charge in [-0.15, -0.1) is 0 Å². The Hall–Kier alpha value is -1.29. The van der Waals surface area contributed by atoms with Crippen LogP contribution in [0.2, 0.25) is 0 Å². The Bertz CT molecular complexity index is 310. The van der Waals surface area contributed by atoms with Crippen molar-refractivity contribution in [1.29, 1.82) is 0 Å². The van der Waals surface area contributed by atoms with Crippen LogP contribution in [0.25, 0.3) is 0 Å². The number of anilines is 1. The second-order valence-electron chi connectivity index (χ2n) is 2.68. The van der Waals surface area contributed by atoms with Crippen molar-refractivity contribution in [2.24, 2.45) is 0 Å². The van der Waals surface area contributed by atoms with E-state index in [9.17, 15) is 5.11 Å². The van der Waals surface area contributed by atoms with E-state index < -0.39 is 0 Å². The van der Waals surface area contributed by atoms with Gasteiger partial charge in [0, 0.05) is 11.3 Å². The number of nitrogen functional groups attached to an aromatic ring is 1. The Morgan fingerprint density at radius 3 is 2.42 bits per heavy atom. The summed E-state index contributed by atoms with van der Waals surface area (Å²) in [5.41, 5.74) is 7.41. The number of aliphatic hydroxyl groups excluding tert-OH is 1. The molecule has 0 unspecified atom stereocenters. The van der Waals surface area contributed by atoms with E-state index in [-0.39, 0.29) is 18.0 Å². The van der Waals surface area contributed by atoms with E-state index in [2.05, 4.69) is 4.98 Å². The molecule has 0 aliphatic carbocycles. The maximum Gasteiger partial charge on any atom is 0.160 e. The van der Waals surface area contributed by atoms with E-state index in [4.69, 9.17) is 10.8 Å². The smallest absolute Gasteiger partial charge is 0.160 e. The Morgan fingerprint density at radius 1 is 1.33 bits per heavy atom. The minimum absolute atomic E-state index is 0.0374. The van der Waals surface area contributed by atoms with Gasteiger partial charge in [0.2, 0.25) is 0 Å². The highest BCUT2D eigenvalue weighted by atomic mass is 16.3. The summed E-state index contributed by atoms with van der Waals surface area (Å²) < 4.78 is 0. The van der Waals surface area contributed by atoms with Gasteiger partial charge in [-0.25, -0.2) is 0 Å². The number of aromatic hydroxyl groups is 1. The summed E-state index contributed by atoms with van der Waals surface area (Å²) in [4.78, 5) is 4.01. The van der Waals surface area contributed by atoms with Crippen molar-refractivity contribution in [2.75, 3.05) is 5.73 Å². The van der Waals surface area contributed by atoms with Crippen LogP contribution in [0, 0.1) is 13.8 Å². The van der Waals surface area contributed by atoms with Crippen LogP contribution in [0.5, 0.6) is 5.75 Å². The Kier molecular flexibility index (Phi) is 2.19. The molecule has 0 atom stereocenters. The van der Waals surface area contributed by atoms with E-state index >= 15 is 0 Å². The number of pyridine rings is 1. The van der Waals surface area contributed by atoms with Gasteiger partial charge in [-0.05, 0) is 13.8 Å². The van der Waals surface area contributed by atoms with Gasteiger partial charge in [0.1, 0.15) is 0 Å². The molecular weight excluding hydrogens is 156 g/mol. The van der Waals surface area contributed by atoms with E-state index in [0.717, 1.165) is 0 Å². The second-order valence-corrected chi connectivity index (χ2v) is 2.68. The largest absolute Gasteiger partial charge is 0.504 e. The molecule has 0 bridgehead atoms. The minimum atomic E-state index is -0.196. The van der Waals surface area contributed by atoms with E-state index in [1.807, 2.05) is 0 Å². The monoisotopic (exact) mass is 168 g/mol. The average molecular weight is 168 g/mol. The van der Waals surface area contributed by atoms with Gasteiger partial charge in [0.25, 0.3) is 0 Å². The predicted octanol–water partition coefficient (Wildman–Crippen LogP) is 0.479. The van der Waals surface area contributed by atoms with Crippen LogP contribution in [-0.4, -0.2) is 15.2 Å². The molecule has 1 rings (SSSR count). The molecule has 0 amide bonds. The number of rotatable bonds is 1. The third-order valence-electron chi connectivity index (χ3n) is 1.85. The number of hydrogen-bond acceptors (Lipinski definition) is 4. The molecule has 12 heavy (non-hydrogen) atoms. The zero-order valence-corrected chi connectivity index (χ0v) is 7.13. The molecule has 66 valence electrons. The van der Waals surface area contributed by atoms with Gasteiger partial charge >= 0.3 is 0 Å². The molecule has 0 aliphatic heterocycles. The molecule has 1 aromatic heterocycles. The summed E-state index contributed by atoms with van der Waals surface area (Å²) in [6.45, 7) is 3.21. The van der Waals surface area contributed by atoms with Crippen LogP contribution < -0.4 is 5.73 Å². The third-order valence-corrected chi connectivity index (χ3v) is 1.85. The summed E-state index contributed by atoms with van der Waals surface area (Å²) in [6, 6.07) is 0. The third kappa shape index (κ3) is 1.21. The predicted molar refractivity (Wildman–Crippen MR) is 45.7 cm³/mol. The van der Waals surface area contributed by atoms with Crippen molar-refractivity contribution >= 4 is 5.69 Å². The molecular formula is C8H12N2O2. The van der Waals surface area contributed by atoms with Crippen molar-refractivity contribution in [3.8, 4) is 5.75 Å². The van der Waals surface area contributed by atoms with Gasteiger partial charge < -0.3 is 15.9 Å². The number of nitrogens with two attached hydrogens (primary N) is 1. The summed E-state index contributed by atoms with van der Waals surface area (Å²) in [5, 5.41) is 18.2. The van der Waals surface area contributed by atoms with Gasteiger partial charge in [-0.2, -0.15) is 0 Å². The Morgan fingerprint density at radius 2 is 1.92 bits per heavy atom. The molecule has 0 radical (unpaired) electrons. The van der Waals surface area contributed by atoms with Crippen LogP contribution in [0.3, 0.4) is 0 Å². The molecule has 1 aromatic rings. The molecule has 0 saturated carbocycles. The molecule has 0 spiro atoms. The number of nitrogens with zero attached hydrogens (tertiary/aromatic N) is 1. The number of aliphatic hydroxyl groups is 1. The SMILES string of the molecule is Cc1nc(C)c(CO)c(N)c1O. The first kappa shape index (κ1) is 8.80. The molecule has 1 heterocycles. The first-order valence-electron chi connectivity index (χ1n) is 3.63. The normalized spacial score (nSPS) is 10.2. The molecule has 0 saturated heterocycles. The lowest BCUT2D eigenvalue weighted by molar-refractivity contribution is 0.280. The van der Waals surface area contributed by atoms with Gasteiger partial charge in [-0.3, -0.25) is 4.98 Å². The van der Waals surface area contributed by atoms with Crippen molar-refractivity contribution < 1.29 is 10.2 Å². The molecule has 0 fully saturated rings. The fourth-order valence-electron chi connectivity index (χ4n) is 1.10. The van der Waals surface area contributed by atoms with E-state index in [1.165, 1.54) is 0 Å². The van der Waals surface area contributed by atoms with E-state index in [1.54, 1.807) is 13.8 Å². The molecule has 0 aliphatic rings. The van der Waals surface area contributed by atoms with E-state index in [0.29, 0.717) is 17.0 Å². The van der Waals surface area contributed by atoms with Crippen molar-refractivity contribution in [3.63, 3.8) is 0 Å². The standard InChI is InChI=1S/C8H12N2O2/c1-4-6(3-11)7(9)8(12)5(2)10-4/h11-12H,3H2,1-2H3,(H2,9,10). The fourth-order valence-corrected chi connectivity index (χ4v) is 1.10.